The van der Waals surface area contributed by atoms with E-state index >= 15 is 0 Å². The average molecular weight is 298 g/mol. The molecule has 1 saturated heterocycles. The predicted molar refractivity (Wildman–Crippen MR) is 81.3 cm³/mol. The van der Waals surface area contributed by atoms with Gasteiger partial charge >= 0.3 is 5.97 Å². The van der Waals surface area contributed by atoms with Crippen LogP contribution in [-0.4, -0.2) is 48.5 Å². The minimum Gasteiger partial charge on any atom is -0.465 e. The maximum atomic E-state index is 11.6. The molecule has 1 aliphatic rings. The van der Waals surface area contributed by atoms with Crippen molar-refractivity contribution in [3.05, 3.63) is 5.56 Å². The maximum absolute atomic E-state index is 11.6. The molecule has 0 spiro atoms. The second kappa shape index (κ2) is 7.44. The number of aromatic nitrogens is 1. The van der Waals surface area contributed by atoms with Crippen molar-refractivity contribution >= 4 is 28.3 Å². The second-order valence-corrected chi connectivity index (χ2v) is 5.72. The number of nitrogens with zero attached hydrogens (tertiary/aromatic N) is 2. The van der Waals surface area contributed by atoms with Crippen molar-refractivity contribution in [1.82, 2.24) is 9.27 Å². The molecule has 2 rings (SSSR count). The minimum atomic E-state index is -0.437. The minimum absolute atomic E-state index is 0.235. The van der Waals surface area contributed by atoms with Gasteiger partial charge < -0.3 is 20.7 Å². The summed E-state index contributed by atoms with van der Waals surface area (Å²) in [5.41, 5.74) is 6.06. The van der Waals surface area contributed by atoms with Crippen molar-refractivity contribution in [3.63, 3.8) is 0 Å². The van der Waals surface area contributed by atoms with Crippen LogP contribution in [0.1, 0.15) is 36.0 Å². The zero-order chi connectivity index (χ0) is 14.4. The van der Waals surface area contributed by atoms with Gasteiger partial charge in [-0.1, -0.05) is 12.8 Å². The summed E-state index contributed by atoms with van der Waals surface area (Å²) in [4.78, 5) is 14.1. The molecule has 0 amide bonds. The summed E-state index contributed by atoms with van der Waals surface area (Å²) >= 11 is 1.21. The molecule has 0 bridgehead atoms. The molecule has 2 heterocycles. The number of esters is 1. The van der Waals surface area contributed by atoms with Crippen LogP contribution in [0.3, 0.4) is 0 Å². The number of hydrogen-bond donors (Lipinski definition) is 2. The monoisotopic (exact) mass is 298 g/mol. The van der Waals surface area contributed by atoms with Crippen LogP contribution >= 0.6 is 11.5 Å². The Morgan fingerprint density at radius 1 is 1.40 bits per heavy atom. The summed E-state index contributed by atoms with van der Waals surface area (Å²) in [5, 5.41) is 3.95. The highest BCUT2D eigenvalue weighted by Gasteiger charge is 2.19. The molecule has 0 saturated carbocycles. The Morgan fingerprint density at radius 3 is 2.75 bits per heavy atom. The Balaban J connectivity index is 1.86. The molecule has 7 heteroatoms. The van der Waals surface area contributed by atoms with E-state index in [9.17, 15) is 4.79 Å². The Hall–Kier alpha value is -1.34. The number of methoxy groups -OCH3 is 1. The third-order valence-electron chi connectivity index (χ3n) is 3.52. The van der Waals surface area contributed by atoms with Crippen molar-refractivity contribution < 1.29 is 9.53 Å². The molecule has 20 heavy (non-hydrogen) atoms. The largest absolute Gasteiger partial charge is 0.465 e. The summed E-state index contributed by atoms with van der Waals surface area (Å²) in [5.74, 6) is -0.201. The van der Waals surface area contributed by atoms with Gasteiger partial charge in [0.1, 0.15) is 10.6 Å². The lowest BCUT2D eigenvalue weighted by atomic mass is 10.2. The number of likely N-dealkylation sites (tertiary alicyclic amines) is 1. The fourth-order valence-corrected chi connectivity index (χ4v) is 3.14. The van der Waals surface area contributed by atoms with E-state index in [1.54, 1.807) is 0 Å². The fraction of sp³-hybridized carbons (Fsp3) is 0.692. The summed E-state index contributed by atoms with van der Waals surface area (Å²) in [7, 11) is 1.35. The first-order valence-electron chi connectivity index (χ1n) is 7.02. The van der Waals surface area contributed by atoms with Gasteiger partial charge in [0.15, 0.2) is 5.82 Å². The van der Waals surface area contributed by atoms with Crippen molar-refractivity contribution in [2.24, 2.45) is 0 Å². The first-order chi connectivity index (χ1) is 9.72. The normalized spacial score (nSPS) is 16.6. The molecule has 0 aliphatic carbocycles. The molecule has 0 unspecified atom stereocenters. The third kappa shape index (κ3) is 3.83. The summed E-state index contributed by atoms with van der Waals surface area (Å²) < 4.78 is 8.73. The molecule has 3 N–H and O–H groups in total. The van der Waals surface area contributed by atoms with Crippen molar-refractivity contribution in [2.45, 2.75) is 25.7 Å². The van der Waals surface area contributed by atoms with Gasteiger partial charge in [0.05, 0.1) is 7.11 Å². The Labute approximate surface area is 123 Å². The van der Waals surface area contributed by atoms with Crippen molar-refractivity contribution in [2.75, 3.05) is 44.3 Å². The average Bonchev–Trinajstić information content (AvgIpc) is 2.67. The first-order valence-corrected chi connectivity index (χ1v) is 7.79. The molecule has 6 nitrogen and oxygen atoms in total. The van der Waals surface area contributed by atoms with Crippen LogP contribution in [0, 0.1) is 0 Å². The highest BCUT2D eigenvalue weighted by molar-refractivity contribution is 7.11. The van der Waals surface area contributed by atoms with Crippen molar-refractivity contribution in [1.29, 1.82) is 0 Å². The number of nitrogens with two attached hydrogens (primary N) is 1. The molecule has 0 aromatic carbocycles. The summed E-state index contributed by atoms with van der Waals surface area (Å²) in [6, 6.07) is 0. The topological polar surface area (TPSA) is 80.5 Å². The lowest BCUT2D eigenvalue weighted by molar-refractivity contribution is 0.0603. The van der Waals surface area contributed by atoms with Gasteiger partial charge in [-0.2, -0.15) is 4.37 Å². The third-order valence-corrected chi connectivity index (χ3v) is 4.34. The van der Waals surface area contributed by atoms with Gasteiger partial charge in [0.25, 0.3) is 0 Å². The van der Waals surface area contributed by atoms with Gasteiger partial charge in [-0.05, 0) is 37.5 Å². The number of carbonyl (C=O) groups is 1. The predicted octanol–water partition coefficient (Wildman–Crippen LogP) is 1.80. The molecule has 1 aliphatic heterocycles. The molecule has 0 radical (unpaired) electrons. The summed E-state index contributed by atoms with van der Waals surface area (Å²) in [6.07, 6.45) is 5.23. The summed E-state index contributed by atoms with van der Waals surface area (Å²) in [6.45, 7) is 4.08. The van der Waals surface area contributed by atoms with E-state index in [0.717, 1.165) is 26.2 Å². The van der Waals surface area contributed by atoms with Gasteiger partial charge in [-0.25, -0.2) is 4.79 Å². The zero-order valence-electron chi connectivity index (χ0n) is 11.9. The van der Waals surface area contributed by atoms with Crippen LogP contribution < -0.4 is 11.1 Å². The zero-order valence-corrected chi connectivity index (χ0v) is 12.7. The van der Waals surface area contributed by atoms with E-state index in [-0.39, 0.29) is 5.82 Å². The van der Waals surface area contributed by atoms with Gasteiger partial charge in [-0.3, -0.25) is 0 Å². The van der Waals surface area contributed by atoms with Crippen LogP contribution in [-0.2, 0) is 4.74 Å². The van der Waals surface area contributed by atoms with Crippen LogP contribution in [0.4, 0.5) is 10.8 Å². The smallest absolute Gasteiger partial charge is 0.344 e. The van der Waals surface area contributed by atoms with Crippen LogP contribution in [0.5, 0.6) is 0 Å². The number of rotatable bonds is 5. The van der Waals surface area contributed by atoms with E-state index in [0.29, 0.717) is 10.6 Å². The molecular weight excluding hydrogens is 276 g/mol. The lowest BCUT2D eigenvalue weighted by Crippen LogP contribution is -2.30. The van der Waals surface area contributed by atoms with E-state index in [4.69, 9.17) is 10.5 Å². The molecule has 1 fully saturated rings. The highest BCUT2D eigenvalue weighted by Crippen LogP contribution is 2.27. The van der Waals surface area contributed by atoms with Gasteiger partial charge in [-0.15, -0.1) is 0 Å². The SMILES string of the molecule is COC(=O)c1c(N)nsc1NCCN1CCCCCC1. The number of hydrogen-bond acceptors (Lipinski definition) is 7. The second-order valence-electron chi connectivity index (χ2n) is 4.95. The van der Waals surface area contributed by atoms with Crippen LogP contribution in [0.25, 0.3) is 0 Å². The standard InChI is InChI=1S/C13H22N4O2S/c1-19-13(18)10-11(14)16-20-12(10)15-6-9-17-7-4-2-3-5-8-17/h15H,2-9H2,1H3,(H2,14,16). The molecule has 0 atom stereocenters. The van der Waals surface area contributed by atoms with Crippen LogP contribution in [0.2, 0.25) is 0 Å². The molecule has 1 aromatic rings. The lowest BCUT2D eigenvalue weighted by Gasteiger charge is -2.19. The first kappa shape index (κ1) is 15.1. The number of ether oxygens (including phenoxy) is 1. The number of anilines is 2. The fourth-order valence-electron chi connectivity index (χ4n) is 2.41. The molecule has 112 valence electrons. The van der Waals surface area contributed by atoms with Crippen molar-refractivity contribution in [3.8, 4) is 0 Å². The number of nitrogen functional groups attached to an aromatic ring is 1. The van der Waals surface area contributed by atoms with E-state index < -0.39 is 5.97 Å². The molecule has 1 aromatic heterocycles. The van der Waals surface area contributed by atoms with E-state index in [1.807, 2.05) is 0 Å². The van der Waals surface area contributed by atoms with Gasteiger partial charge in [0, 0.05) is 13.1 Å². The maximum Gasteiger partial charge on any atom is 0.344 e. The quantitative estimate of drug-likeness (QED) is 0.807. The number of carbonyl (C=O) groups excluding carboxylic acids is 1. The highest BCUT2D eigenvalue weighted by atomic mass is 32.1. The molecular formula is C13H22N4O2S. The van der Waals surface area contributed by atoms with Crippen LogP contribution in [0.15, 0.2) is 0 Å². The van der Waals surface area contributed by atoms with E-state index in [2.05, 4.69) is 14.6 Å². The number of nitrogens with one attached hydrogen (secondary N) is 1. The Kier molecular flexibility index (Phi) is 5.60. The Bertz CT molecular complexity index is 442. The van der Waals surface area contributed by atoms with E-state index in [1.165, 1.54) is 44.3 Å². The van der Waals surface area contributed by atoms with Gasteiger partial charge in [0.2, 0.25) is 0 Å². The Morgan fingerprint density at radius 2 is 2.10 bits per heavy atom.